The number of likely N-dealkylation sites (tertiary alicyclic amines) is 1. The van der Waals surface area contributed by atoms with Crippen LogP contribution in [0.15, 0.2) is 0 Å². The van der Waals surface area contributed by atoms with E-state index in [-0.39, 0.29) is 19.0 Å². The van der Waals surface area contributed by atoms with Crippen LogP contribution in [0.1, 0.15) is 54.4 Å². The smallest absolute Gasteiger partial charge is 0.411 e. The zero-order chi connectivity index (χ0) is 19.4. The number of carbonyl (C=O) groups is 3. The number of carbonyl (C=O) groups excluding carboxylic acids is 3. The lowest BCUT2D eigenvalue weighted by Gasteiger charge is -2.38. The molecule has 144 valence electrons. The lowest BCUT2D eigenvalue weighted by molar-refractivity contribution is -0.165. The van der Waals surface area contributed by atoms with Gasteiger partial charge in [-0.2, -0.15) is 0 Å². The van der Waals surface area contributed by atoms with Crippen LogP contribution in [0.3, 0.4) is 0 Å². The quantitative estimate of drug-likeness (QED) is 0.427. The zero-order valence-electron chi connectivity index (χ0n) is 15.8. The molecule has 1 aliphatic heterocycles. The molecule has 2 atom stereocenters. The Morgan fingerprint density at radius 2 is 1.56 bits per heavy atom. The first-order valence-electron chi connectivity index (χ1n) is 8.29. The number of hydrogen-bond donors (Lipinski definition) is 0. The Labute approximate surface area is 153 Å². The van der Waals surface area contributed by atoms with Crippen LogP contribution in [0.2, 0.25) is 0 Å². The van der Waals surface area contributed by atoms with Crippen molar-refractivity contribution in [2.45, 2.75) is 71.6 Å². The fraction of sp³-hybridized carbons (Fsp3) is 0.824. The Morgan fingerprint density at radius 1 is 1.00 bits per heavy atom. The highest BCUT2D eigenvalue weighted by Gasteiger charge is 2.42. The number of ether oxygens (including phenoxy) is 3. The molecule has 7 nitrogen and oxygen atoms in total. The van der Waals surface area contributed by atoms with Crippen LogP contribution >= 0.6 is 11.6 Å². The van der Waals surface area contributed by atoms with Gasteiger partial charge in [-0.05, 0) is 54.4 Å². The molecular weight excluding hydrogens is 350 g/mol. The van der Waals surface area contributed by atoms with E-state index < -0.39 is 41.2 Å². The van der Waals surface area contributed by atoms with E-state index in [0.717, 1.165) is 0 Å². The van der Waals surface area contributed by atoms with Crippen molar-refractivity contribution in [3.8, 4) is 0 Å². The number of amides is 1. The Bertz CT molecular complexity index is 508. The highest BCUT2D eigenvalue weighted by atomic mass is 35.5. The second kappa shape index (κ2) is 8.25. The molecule has 0 radical (unpaired) electrons. The van der Waals surface area contributed by atoms with Crippen molar-refractivity contribution in [1.29, 1.82) is 0 Å². The molecule has 1 rings (SSSR count). The summed E-state index contributed by atoms with van der Waals surface area (Å²) in [6.45, 7) is 10.7. The van der Waals surface area contributed by atoms with Gasteiger partial charge in [-0.3, -0.25) is 9.69 Å². The third kappa shape index (κ3) is 7.10. The molecule has 0 aliphatic carbocycles. The fourth-order valence-electron chi connectivity index (χ4n) is 2.48. The summed E-state index contributed by atoms with van der Waals surface area (Å²) in [6, 6.07) is -1.15. The first kappa shape index (κ1) is 21.5. The molecule has 1 aliphatic rings. The number of piperidine rings is 1. The molecule has 1 amide bonds. The van der Waals surface area contributed by atoms with E-state index in [1.165, 1.54) is 4.90 Å². The maximum Gasteiger partial charge on any atom is 0.411 e. The number of halogens is 1. The largest absolute Gasteiger partial charge is 0.458 e. The lowest BCUT2D eigenvalue weighted by Crippen LogP contribution is -2.54. The van der Waals surface area contributed by atoms with Crippen LogP contribution in [0.25, 0.3) is 0 Å². The molecule has 0 unspecified atom stereocenters. The summed E-state index contributed by atoms with van der Waals surface area (Å²) >= 11 is 5.43. The van der Waals surface area contributed by atoms with E-state index in [0.29, 0.717) is 6.42 Å². The molecule has 0 N–H and O–H groups in total. The molecule has 0 aromatic heterocycles. The maximum absolute atomic E-state index is 12.6. The van der Waals surface area contributed by atoms with E-state index in [4.69, 9.17) is 25.8 Å². The Kier molecular flexibility index (Phi) is 7.11. The van der Waals surface area contributed by atoms with Crippen molar-refractivity contribution in [1.82, 2.24) is 4.90 Å². The molecule has 25 heavy (non-hydrogen) atoms. The first-order chi connectivity index (χ1) is 11.3. The van der Waals surface area contributed by atoms with Crippen LogP contribution < -0.4 is 0 Å². The summed E-state index contributed by atoms with van der Waals surface area (Å²) in [6.07, 6.45) is -0.120. The monoisotopic (exact) mass is 377 g/mol. The molecule has 0 aromatic rings. The molecule has 0 bridgehead atoms. The van der Waals surface area contributed by atoms with Gasteiger partial charge in [-0.25, -0.2) is 9.59 Å². The zero-order valence-corrected chi connectivity index (χ0v) is 16.5. The highest BCUT2D eigenvalue weighted by Crippen LogP contribution is 2.28. The summed E-state index contributed by atoms with van der Waals surface area (Å²) < 4.78 is 15.6. The topological polar surface area (TPSA) is 82.1 Å². The van der Waals surface area contributed by atoms with Gasteiger partial charge in [0, 0.05) is 6.54 Å². The van der Waals surface area contributed by atoms with Gasteiger partial charge in [-0.15, -0.1) is 0 Å². The van der Waals surface area contributed by atoms with E-state index in [2.05, 4.69) is 0 Å². The summed E-state index contributed by atoms with van der Waals surface area (Å²) in [4.78, 5) is 38.3. The summed E-state index contributed by atoms with van der Waals surface area (Å²) in [5.41, 5.74) is -1.40. The second-order valence-electron chi connectivity index (χ2n) is 8.02. The molecule has 1 heterocycles. The van der Waals surface area contributed by atoms with Gasteiger partial charge in [0.1, 0.15) is 17.2 Å². The molecule has 0 aromatic carbocycles. The van der Waals surface area contributed by atoms with Gasteiger partial charge in [-0.1, -0.05) is 11.6 Å². The molecule has 0 saturated carbocycles. The molecule has 8 heteroatoms. The molecule has 1 fully saturated rings. The van der Waals surface area contributed by atoms with Crippen molar-refractivity contribution < 1.29 is 28.6 Å². The third-order valence-electron chi connectivity index (χ3n) is 3.44. The van der Waals surface area contributed by atoms with Crippen LogP contribution in [0.5, 0.6) is 0 Å². The minimum absolute atomic E-state index is 0.115. The van der Waals surface area contributed by atoms with Crippen molar-refractivity contribution >= 4 is 29.6 Å². The van der Waals surface area contributed by atoms with Crippen LogP contribution in [-0.2, 0) is 23.8 Å². The maximum atomic E-state index is 12.6. The summed E-state index contributed by atoms with van der Waals surface area (Å²) in [5.74, 6) is -1.57. The van der Waals surface area contributed by atoms with Gasteiger partial charge in [0.15, 0.2) is 6.07 Å². The minimum Gasteiger partial charge on any atom is -0.458 e. The lowest BCUT2D eigenvalue weighted by atomic mass is 9.91. The van der Waals surface area contributed by atoms with Crippen molar-refractivity contribution in [2.75, 3.05) is 12.6 Å². The Balaban J connectivity index is 2.96. The van der Waals surface area contributed by atoms with Gasteiger partial charge >= 0.3 is 18.0 Å². The SMILES string of the molecule is CC(C)(C)OC(=O)[C@@H]1C[C@H](C(=O)OCCl)CCN1C(=O)OC(C)(C)C. The van der Waals surface area contributed by atoms with Gasteiger partial charge < -0.3 is 14.2 Å². The van der Waals surface area contributed by atoms with E-state index in [1.807, 2.05) is 0 Å². The number of esters is 2. The fourth-order valence-corrected chi connectivity index (χ4v) is 2.59. The minimum atomic E-state index is -0.907. The number of rotatable bonds is 3. The number of nitrogens with zero attached hydrogens (tertiary/aromatic N) is 1. The normalized spacial score (nSPS) is 21.5. The van der Waals surface area contributed by atoms with Crippen LogP contribution in [0, 0.1) is 5.92 Å². The third-order valence-corrected chi connectivity index (χ3v) is 3.55. The predicted octanol–water partition coefficient (Wildman–Crippen LogP) is 3.08. The summed E-state index contributed by atoms with van der Waals surface area (Å²) in [7, 11) is 0. The average Bonchev–Trinajstić information content (AvgIpc) is 2.43. The molecule has 0 spiro atoms. The van der Waals surface area contributed by atoms with Gasteiger partial charge in [0.05, 0.1) is 5.92 Å². The van der Waals surface area contributed by atoms with Crippen LogP contribution in [-0.4, -0.2) is 52.8 Å². The Hall–Kier alpha value is -1.50. The number of alkyl halides is 1. The molecular formula is C17H28ClNO6. The van der Waals surface area contributed by atoms with Crippen molar-refractivity contribution in [3.05, 3.63) is 0 Å². The van der Waals surface area contributed by atoms with Crippen LogP contribution in [0.4, 0.5) is 4.79 Å². The predicted molar refractivity (Wildman–Crippen MR) is 92.1 cm³/mol. The average molecular weight is 378 g/mol. The van der Waals surface area contributed by atoms with Gasteiger partial charge in [0.25, 0.3) is 0 Å². The summed E-state index contributed by atoms with van der Waals surface area (Å²) in [5, 5.41) is 0. The Morgan fingerprint density at radius 3 is 2.04 bits per heavy atom. The van der Waals surface area contributed by atoms with E-state index >= 15 is 0 Å². The number of hydrogen-bond acceptors (Lipinski definition) is 6. The molecule has 1 saturated heterocycles. The van der Waals surface area contributed by atoms with E-state index in [9.17, 15) is 14.4 Å². The van der Waals surface area contributed by atoms with Gasteiger partial charge in [0.2, 0.25) is 0 Å². The van der Waals surface area contributed by atoms with Crippen molar-refractivity contribution in [3.63, 3.8) is 0 Å². The highest BCUT2D eigenvalue weighted by molar-refractivity contribution is 6.17. The van der Waals surface area contributed by atoms with Crippen molar-refractivity contribution in [2.24, 2.45) is 5.92 Å². The second-order valence-corrected chi connectivity index (χ2v) is 8.24. The first-order valence-corrected chi connectivity index (χ1v) is 8.82. The van der Waals surface area contributed by atoms with E-state index in [1.54, 1.807) is 41.5 Å². The standard InChI is InChI=1S/C17H28ClNO6/c1-16(2,3)24-14(21)12-9-11(13(20)23-10-18)7-8-19(12)15(22)25-17(4,5)6/h11-12H,7-10H2,1-6H3/t11-,12+/m1/s1.